The van der Waals surface area contributed by atoms with Gasteiger partial charge < -0.3 is 16.0 Å². The van der Waals surface area contributed by atoms with E-state index in [2.05, 4.69) is 17.1 Å². The van der Waals surface area contributed by atoms with Crippen molar-refractivity contribution in [2.24, 2.45) is 11.7 Å². The number of benzene rings is 1. The lowest BCUT2D eigenvalue weighted by Gasteiger charge is -2.35. The van der Waals surface area contributed by atoms with Crippen LogP contribution in [-0.4, -0.2) is 60.4 Å². The van der Waals surface area contributed by atoms with Crippen molar-refractivity contribution in [1.82, 2.24) is 15.1 Å². The molecule has 2 fully saturated rings. The van der Waals surface area contributed by atoms with Crippen molar-refractivity contribution in [3.05, 3.63) is 35.4 Å². The molecule has 7 heteroatoms. The van der Waals surface area contributed by atoms with Crippen LogP contribution >= 0.6 is 12.4 Å². The van der Waals surface area contributed by atoms with Crippen molar-refractivity contribution in [1.29, 1.82) is 0 Å². The lowest BCUT2D eigenvalue weighted by molar-refractivity contribution is -0.123. The molecule has 2 atom stereocenters. The standard InChI is InChI=1S/C21H32N4O2.ClH/c1-16-3-2-4-19(13-16)23-20(26)15-24-9-11-25(12-10-24)21(27)18-7-5-17(14-22)6-8-18;/h5-8,16,19H,2-4,9-15,22H2,1H3,(H,23,26);1H. The van der Waals surface area contributed by atoms with Crippen LogP contribution in [0.25, 0.3) is 0 Å². The van der Waals surface area contributed by atoms with Crippen molar-refractivity contribution in [3.8, 4) is 0 Å². The predicted octanol–water partition coefficient (Wildman–Crippen LogP) is 2.02. The first-order valence-corrected chi connectivity index (χ1v) is 10.1. The van der Waals surface area contributed by atoms with Crippen molar-refractivity contribution in [2.75, 3.05) is 32.7 Å². The molecule has 1 saturated heterocycles. The zero-order valence-corrected chi connectivity index (χ0v) is 17.5. The molecule has 2 unspecified atom stereocenters. The number of rotatable bonds is 5. The fourth-order valence-electron chi connectivity index (χ4n) is 4.12. The van der Waals surface area contributed by atoms with E-state index in [1.54, 1.807) is 0 Å². The molecule has 1 heterocycles. The van der Waals surface area contributed by atoms with Crippen molar-refractivity contribution in [2.45, 2.75) is 45.2 Å². The number of hydrogen-bond acceptors (Lipinski definition) is 4. The molecular weight excluding hydrogens is 376 g/mol. The summed E-state index contributed by atoms with van der Waals surface area (Å²) in [5.41, 5.74) is 7.33. The first-order valence-electron chi connectivity index (χ1n) is 10.1. The number of hydrogen-bond donors (Lipinski definition) is 2. The minimum Gasteiger partial charge on any atom is -0.352 e. The van der Waals surface area contributed by atoms with E-state index in [0.29, 0.717) is 43.7 Å². The first kappa shape index (κ1) is 22.7. The molecule has 1 aromatic carbocycles. The Bertz CT molecular complexity index is 644. The van der Waals surface area contributed by atoms with Gasteiger partial charge in [-0.25, -0.2) is 0 Å². The van der Waals surface area contributed by atoms with Crippen LogP contribution in [-0.2, 0) is 11.3 Å². The summed E-state index contributed by atoms with van der Waals surface area (Å²) in [5.74, 6) is 0.877. The summed E-state index contributed by atoms with van der Waals surface area (Å²) in [4.78, 5) is 29.0. The van der Waals surface area contributed by atoms with Gasteiger partial charge in [-0.15, -0.1) is 12.4 Å². The van der Waals surface area contributed by atoms with E-state index >= 15 is 0 Å². The van der Waals surface area contributed by atoms with Crippen molar-refractivity contribution >= 4 is 24.2 Å². The van der Waals surface area contributed by atoms with Crippen LogP contribution in [0.15, 0.2) is 24.3 Å². The van der Waals surface area contributed by atoms with Crippen LogP contribution in [0, 0.1) is 5.92 Å². The molecule has 1 aliphatic carbocycles. The van der Waals surface area contributed by atoms with E-state index in [1.807, 2.05) is 29.2 Å². The molecule has 6 nitrogen and oxygen atoms in total. The average Bonchev–Trinajstić information content (AvgIpc) is 2.68. The number of halogens is 1. The second-order valence-corrected chi connectivity index (χ2v) is 8.01. The molecule has 0 spiro atoms. The highest BCUT2D eigenvalue weighted by molar-refractivity contribution is 5.94. The van der Waals surface area contributed by atoms with E-state index in [4.69, 9.17) is 5.73 Å². The van der Waals surface area contributed by atoms with Crippen LogP contribution in [0.1, 0.15) is 48.5 Å². The minimum absolute atomic E-state index is 0. The number of nitrogens with zero attached hydrogens (tertiary/aromatic N) is 2. The number of nitrogens with two attached hydrogens (primary N) is 1. The molecule has 1 saturated carbocycles. The number of carbonyl (C=O) groups is 2. The van der Waals surface area contributed by atoms with Gasteiger partial charge in [0, 0.05) is 44.3 Å². The summed E-state index contributed by atoms with van der Waals surface area (Å²) in [5, 5.41) is 3.20. The lowest BCUT2D eigenvalue weighted by Crippen LogP contribution is -2.52. The zero-order valence-electron chi connectivity index (χ0n) is 16.7. The van der Waals surface area contributed by atoms with Gasteiger partial charge in [-0.05, 0) is 36.5 Å². The summed E-state index contributed by atoms with van der Waals surface area (Å²) in [6.07, 6.45) is 4.68. The van der Waals surface area contributed by atoms with Crippen LogP contribution in [0.3, 0.4) is 0 Å². The van der Waals surface area contributed by atoms with E-state index < -0.39 is 0 Å². The van der Waals surface area contributed by atoms with Gasteiger partial charge in [-0.2, -0.15) is 0 Å². The fraction of sp³-hybridized carbons (Fsp3) is 0.619. The van der Waals surface area contributed by atoms with Gasteiger partial charge in [0.05, 0.1) is 6.54 Å². The van der Waals surface area contributed by atoms with Crippen LogP contribution < -0.4 is 11.1 Å². The summed E-state index contributed by atoms with van der Waals surface area (Å²) in [6.45, 7) is 5.96. The smallest absolute Gasteiger partial charge is 0.253 e. The Kier molecular flexibility index (Phi) is 8.73. The molecule has 2 amide bonds. The minimum atomic E-state index is 0. The predicted molar refractivity (Wildman–Crippen MR) is 113 cm³/mol. The molecule has 156 valence electrons. The molecular formula is C21H33ClN4O2. The number of nitrogens with one attached hydrogen (secondary N) is 1. The molecule has 1 aliphatic heterocycles. The number of piperazine rings is 1. The molecule has 2 aliphatic rings. The Balaban J connectivity index is 0.00000280. The molecule has 3 N–H and O–H groups in total. The van der Waals surface area contributed by atoms with Gasteiger partial charge in [0.2, 0.25) is 5.91 Å². The maximum atomic E-state index is 12.6. The van der Waals surface area contributed by atoms with Crippen LogP contribution in [0.4, 0.5) is 0 Å². The highest BCUT2D eigenvalue weighted by Gasteiger charge is 2.25. The third-order valence-corrected chi connectivity index (χ3v) is 5.76. The van der Waals surface area contributed by atoms with Gasteiger partial charge in [0.1, 0.15) is 0 Å². The third-order valence-electron chi connectivity index (χ3n) is 5.76. The van der Waals surface area contributed by atoms with Crippen LogP contribution in [0.5, 0.6) is 0 Å². The summed E-state index contributed by atoms with van der Waals surface area (Å²) >= 11 is 0. The largest absolute Gasteiger partial charge is 0.352 e. The zero-order chi connectivity index (χ0) is 19.2. The summed E-state index contributed by atoms with van der Waals surface area (Å²) in [6, 6.07) is 7.82. The number of carbonyl (C=O) groups excluding carboxylic acids is 2. The summed E-state index contributed by atoms with van der Waals surface area (Å²) in [7, 11) is 0. The van der Waals surface area contributed by atoms with Gasteiger partial charge in [-0.3, -0.25) is 14.5 Å². The topological polar surface area (TPSA) is 78.7 Å². The lowest BCUT2D eigenvalue weighted by atomic mass is 9.87. The Morgan fingerprint density at radius 3 is 2.39 bits per heavy atom. The molecule has 0 bridgehead atoms. The third kappa shape index (κ3) is 6.19. The van der Waals surface area contributed by atoms with Gasteiger partial charge in [0.15, 0.2) is 0 Å². The Hall–Kier alpha value is -1.63. The Morgan fingerprint density at radius 2 is 1.79 bits per heavy atom. The van der Waals surface area contributed by atoms with E-state index in [9.17, 15) is 9.59 Å². The Morgan fingerprint density at radius 1 is 1.11 bits per heavy atom. The normalized spacial score (nSPS) is 23.0. The van der Waals surface area contributed by atoms with Gasteiger partial charge in [0.25, 0.3) is 5.91 Å². The monoisotopic (exact) mass is 408 g/mol. The van der Waals surface area contributed by atoms with Crippen LogP contribution in [0.2, 0.25) is 0 Å². The quantitative estimate of drug-likeness (QED) is 0.781. The molecule has 3 rings (SSSR count). The van der Waals surface area contributed by atoms with Gasteiger partial charge >= 0.3 is 0 Å². The second kappa shape index (κ2) is 10.8. The second-order valence-electron chi connectivity index (χ2n) is 8.01. The van der Waals surface area contributed by atoms with E-state index in [-0.39, 0.29) is 24.2 Å². The molecule has 0 aromatic heterocycles. The van der Waals surface area contributed by atoms with Crippen molar-refractivity contribution < 1.29 is 9.59 Å². The summed E-state index contributed by atoms with van der Waals surface area (Å²) < 4.78 is 0. The highest BCUT2D eigenvalue weighted by Crippen LogP contribution is 2.23. The van der Waals surface area contributed by atoms with E-state index in [0.717, 1.165) is 31.5 Å². The maximum absolute atomic E-state index is 12.6. The molecule has 28 heavy (non-hydrogen) atoms. The molecule has 1 aromatic rings. The highest BCUT2D eigenvalue weighted by atomic mass is 35.5. The Labute approximate surface area is 174 Å². The van der Waals surface area contributed by atoms with E-state index in [1.165, 1.54) is 12.8 Å². The SMILES string of the molecule is CC1CCCC(NC(=O)CN2CCN(C(=O)c3ccc(CN)cc3)CC2)C1.Cl. The van der Waals surface area contributed by atoms with Gasteiger partial charge in [-0.1, -0.05) is 31.9 Å². The fourth-order valence-corrected chi connectivity index (χ4v) is 4.12. The average molecular weight is 409 g/mol. The molecule has 0 radical (unpaired) electrons. The maximum Gasteiger partial charge on any atom is 0.253 e. The van der Waals surface area contributed by atoms with Crippen molar-refractivity contribution in [3.63, 3.8) is 0 Å². The number of amides is 2. The first-order chi connectivity index (χ1) is 13.0.